The summed E-state index contributed by atoms with van der Waals surface area (Å²) in [5.41, 5.74) is 6.85. The number of pyridine rings is 1. The van der Waals surface area contributed by atoms with Crippen molar-refractivity contribution in [1.82, 2.24) is 15.0 Å². The van der Waals surface area contributed by atoms with E-state index in [4.69, 9.17) is 17.3 Å². The van der Waals surface area contributed by atoms with Crippen molar-refractivity contribution in [2.45, 2.75) is 35.7 Å². The summed E-state index contributed by atoms with van der Waals surface area (Å²) in [6, 6.07) is 3.63. The number of aromatic nitrogens is 3. The molecule has 98 valence electrons. The fraction of sp³-hybridized carbons (Fsp3) is 0.308. The van der Waals surface area contributed by atoms with Gasteiger partial charge in [0.25, 0.3) is 0 Å². The van der Waals surface area contributed by atoms with E-state index in [1.54, 1.807) is 6.20 Å². The Bertz CT molecular complexity index is 628. The largest absolute Gasteiger partial charge is 0.383 e. The summed E-state index contributed by atoms with van der Waals surface area (Å²) < 4.78 is 0. The molecule has 0 spiro atoms. The second-order valence-corrected chi connectivity index (χ2v) is 5.95. The van der Waals surface area contributed by atoms with Crippen LogP contribution in [0.1, 0.15) is 30.1 Å². The van der Waals surface area contributed by atoms with Crippen LogP contribution in [0.2, 0.25) is 5.02 Å². The number of nitrogens with two attached hydrogens (primary N) is 1. The van der Waals surface area contributed by atoms with Gasteiger partial charge >= 0.3 is 0 Å². The fourth-order valence-electron chi connectivity index (χ4n) is 1.69. The molecule has 0 radical (unpaired) electrons. The first-order chi connectivity index (χ1) is 9.15. The molecule has 2 aromatic rings. The molecule has 0 bridgehead atoms. The van der Waals surface area contributed by atoms with Crippen molar-refractivity contribution in [3.63, 3.8) is 0 Å². The van der Waals surface area contributed by atoms with Gasteiger partial charge in [0.2, 0.25) is 0 Å². The third-order valence-electron chi connectivity index (χ3n) is 3.02. The van der Waals surface area contributed by atoms with Crippen LogP contribution in [0, 0.1) is 6.92 Å². The number of rotatable bonds is 3. The number of hydrogen-bond donors (Lipinski definition) is 1. The zero-order chi connectivity index (χ0) is 13.4. The zero-order valence-corrected chi connectivity index (χ0v) is 12.0. The minimum atomic E-state index is 0.474. The van der Waals surface area contributed by atoms with E-state index in [1.165, 1.54) is 11.8 Å². The molecule has 2 aromatic heterocycles. The minimum absolute atomic E-state index is 0.474. The maximum Gasteiger partial charge on any atom is 0.135 e. The standard InChI is InChI=1S/C13H13ClN4S/c1-7-10(15)17-11(8-4-5-8)18-12(7)19-13-9(14)3-2-6-16-13/h2-3,6,8H,4-5H2,1H3,(H2,15,17,18). The van der Waals surface area contributed by atoms with E-state index in [1.807, 2.05) is 19.1 Å². The molecular formula is C13H13ClN4S. The minimum Gasteiger partial charge on any atom is -0.383 e. The molecule has 2 N–H and O–H groups in total. The van der Waals surface area contributed by atoms with Crippen molar-refractivity contribution < 1.29 is 0 Å². The van der Waals surface area contributed by atoms with E-state index >= 15 is 0 Å². The van der Waals surface area contributed by atoms with Gasteiger partial charge in [0.05, 0.1) is 5.02 Å². The topological polar surface area (TPSA) is 64.7 Å². The molecule has 0 aliphatic heterocycles. The summed E-state index contributed by atoms with van der Waals surface area (Å²) in [5, 5.41) is 2.21. The van der Waals surface area contributed by atoms with Crippen LogP contribution in [-0.4, -0.2) is 15.0 Å². The average Bonchev–Trinajstić information content (AvgIpc) is 3.21. The number of anilines is 1. The molecular weight excluding hydrogens is 280 g/mol. The van der Waals surface area contributed by atoms with E-state index in [-0.39, 0.29) is 0 Å². The number of nitrogens with zero attached hydrogens (tertiary/aromatic N) is 3. The Hall–Kier alpha value is -1.33. The van der Waals surface area contributed by atoms with Gasteiger partial charge in [-0.3, -0.25) is 0 Å². The average molecular weight is 293 g/mol. The van der Waals surface area contributed by atoms with E-state index in [0.29, 0.717) is 16.8 Å². The third kappa shape index (κ3) is 2.67. The lowest BCUT2D eigenvalue weighted by Gasteiger charge is -2.09. The zero-order valence-electron chi connectivity index (χ0n) is 10.4. The quantitative estimate of drug-likeness (QED) is 0.878. The summed E-state index contributed by atoms with van der Waals surface area (Å²) in [6.07, 6.45) is 4.02. The second kappa shape index (κ2) is 4.98. The van der Waals surface area contributed by atoms with Crippen molar-refractivity contribution in [3.8, 4) is 0 Å². The van der Waals surface area contributed by atoms with Crippen LogP contribution >= 0.6 is 23.4 Å². The first-order valence-electron chi connectivity index (χ1n) is 6.07. The summed E-state index contributed by atoms with van der Waals surface area (Å²) in [5.74, 6) is 1.87. The molecule has 1 saturated carbocycles. The predicted molar refractivity (Wildman–Crippen MR) is 76.5 cm³/mol. The highest BCUT2D eigenvalue weighted by Crippen LogP contribution is 2.40. The maximum absolute atomic E-state index is 6.12. The third-order valence-corrected chi connectivity index (χ3v) is 4.54. The maximum atomic E-state index is 6.12. The SMILES string of the molecule is Cc1c(N)nc(C2CC2)nc1Sc1ncccc1Cl. The number of hydrogen-bond acceptors (Lipinski definition) is 5. The highest BCUT2D eigenvalue weighted by molar-refractivity contribution is 7.99. The fourth-order valence-corrected chi connectivity index (χ4v) is 2.79. The van der Waals surface area contributed by atoms with Gasteiger partial charge in [-0.2, -0.15) is 0 Å². The highest BCUT2D eigenvalue weighted by Gasteiger charge is 2.28. The molecule has 3 rings (SSSR count). The molecule has 0 aromatic carbocycles. The van der Waals surface area contributed by atoms with Gasteiger partial charge < -0.3 is 5.73 Å². The second-order valence-electron chi connectivity index (χ2n) is 4.56. The first kappa shape index (κ1) is 12.7. The lowest BCUT2D eigenvalue weighted by molar-refractivity contribution is 0.867. The van der Waals surface area contributed by atoms with Crippen LogP contribution in [0.25, 0.3) is 0 Å². The molecule has 0 amide bonds. The number of nitrogen functional groups attached to an aromatic ring is 1. The Kier molecular flexibility index (Phi) is 3.33. The van der Waals surface area contributed by atoms with Crippen molar-refractivity contribution in [1.29, 1.82) is 0 Å². The van der Waals surface area contributed by atoms with E-state index in [9.17, 15) is 0 Å². The molecule has 1 aliphatic rings. The van der Waals surface area contributed by atoms with Crippen molar-refractivity contribution in [2.75, 3.05) is 5.73 Å². The molecule has 4 nitrogen and oxygen atoms in total. The van der Waals surface area contributed by atoms with Crippen LogP contribution in [0.4, 0.5) is 5.82 Å². The summed E-state index contributed by atoms with van der Waals surface area (Å²) >= 11 is 7.56. The van der Waals surface area contributed by atoms with Crippen LogP contribution in [-0.2, 0) is 0 Å². The Morgan fingerprint density at radius 1 is 1.32 bits per heavy atom. The Morgan fingerprint density at radius 3 is 2.79 bits per heavy atom. The monoisotopic (exact) mass is 292 g/mol. The molecule has 2 heterocycles. The molecule has 1 aliphatic carbocycles. The summed E-state index contributed by atoms with van der Waals surface area (Å²) in [6.45, 7) is 1.92. The van der Waals surface area contributed by atoms with Gasteiger partial charge in [-0.25, -0.2) is 15.0 Å². The van der Waals surface area contributed by atoms with Gasteiger partial charge in [-0.1, -0.05) is 11.6 Å². The molecule has 0 unspecified atom stereocenters. The molecule has 19 heavy (non-hydrogen) atoms. The molecule has 0 atom stereocenters. The van der Waals surface area contributed by atoms with Crippen LogP contribution < -0.4 is 5.73 Å². The Labute approximate surface area is 120 Å². The van der Waals surface area contributed by atoms with Crippen LogP contribution in [0.15, 0.2) is 28.4 Å². The smallest absolute Gasteiger partial charge is 0.135 e. The van der Waals surface area contributed by atoms with Crippen LogP contribution in [0.5, 0.6) is 0 Å². The van der Waals surface area contributed by atoms with Gasteiger partial charge in [-0.05, 0) is 43.7 Å². The van der Waals surface area contributed by atoms with E-state index in [2.05, 4.69) is 15.0 Å². The lowest BCUT2D eigenvalue weighted by atomic mass is 10.3. The summed E-state index contributed by atoms with van der Waals surface area (Å²) in [4.78, 5) is 13.2. The molecule has 6 heteroatoms. The van der Waals surface area contributed by atoms with Crippen molar-refractivity contribution in [3.05, 3.63) is 34.7 Å². The predicted octanol–water partition coefficient (Wildman–Crippen LogP) is 3.44. The Balaban J connectivity index is 1.98. The van der Waals surface area contributed by atoms with Gasteiger partial charge in [0, 0.05) is 17.7 Å². The van der Waals surface area contributed by atoms with Gasteiger partial charge in [0.15, 0.2) is 0 Å². The van der Waals surface area contributed by atoms with Crippen LogP contribution in [0.3, 0.4) is 0 Å². The van der Waals surface area contributed by atoms with Crippen molar-refractivity contribution in [2.24, 2.45) is 0 Å². The summed E-state index contributed by atoms with van der Waals surface area (Å²) in [7, 11) is 0. The first-order valence-corrected chi connectivity index (χ1v) is 7.27. The molecule has 0 saturated heterocycles. The highest BCUT2D eigenvalue weighted by atomic mass is 35.5. The van der Waals surface area contributed by atoms with Gasteiger partial charge in [0.1, 0.15) is 21.7 Å². The van der Waals surface area contributed by atoms with E-state index in [0.717, 1.165) is 34.3 Å². The van der Waals surface area contributed by atoms with Gasteiger partial charge in [-0.15, -0.1) is 0 Å². The molecule has 1 fully saturated rings. The van der Waals surface area contributed by atoms with Crippen molar-refractivity contribution >= 4 is 29.2 Å². The lowest BCUT2D eigenvalue weighted by Crippen LogP contribution is -2.03. The normalized spacial score (nSPS) is 14.6. The Morgan fingerprint density at radius 2 is 2.11 bits per heavy atom. The number of halogens is 1. The van der Waals surface area contributed by atoms with E-state index < -0.39 is 0 Å².